The van der Waals surface area contributed by atoms with Crippen LogP contribution < -0.4 is 0 Å². The zero-order valence-corrected chi connectivity index (χ0v) is 15.3. The highest BCUT2D eigenvalue weighted by Crippen LogP contribution is 2.22. The number of aryl methyl sites for hydroxylation is 1. The van der Waals surface area contributed by atoms with Crippen LogP contribution in [0.3, 0.4) is 0 Å². The first-order chi connectivity index (χ1) is 12.5. The monoisotopic (exact) mass is 354 g/mol. The number of carbonyl (C=O) groups is 2. The van der Waals surface area contributed by atoms with Crippen LogP contribution in [0.15, 0.2) is 24.3 Å². The van der Waals surface area contributed by atoms with Gasteiger partial charge in [-0.1, -0.05) is 19.1 Å². The Balaban J connectivity index is 1.86. The number of carbonyl (C=O) groups excluding carboxylic acids is 2. The van der Waals surface area contributed by atoms with Crippen molar-refractivity contribution >= 4 is 22.9 Å². The van der Waals surface area contributed by atoms with Gasteiger partial charge >= 0.3 is 5.97 Å². The number of para-hydroxylation sites is 2. The molecule has 0 unspecified atom stereocenters. The SMILES string of the molecule is CCc1[nH]c(C(=O)N(C)Cc2nc3ccccc3[nH]2)c(C)c1C(=O)OC. The van der Waals surface area contributed by atoms with Crippen LogP contribution in [-0.4, -0.2) is 45.9 Å². The zero-order valence-electron chi connectivity index (χ0n) is 15.3. The van der Waals surface area contributed by atoms with E-state index in [-0.39, 0.29) is 5.91 Å². The van der Waals surface area contributed by atoms with Gasteiger partial charge in [0, 0.05) is 12.7 Å². The summed E-state index contributed by atoms with van der Waals surface area (Å²) < 4.78 is 4.84. The van der Waals surface area contributed by atoms with Crippen molar-refractivity contribution in [3.8, 4) is 0 Å². The number of benzene rings is 1. The number of esters is 1. The molecule has 3 aromatic rings. The number of aromatic amines is 2. The lowest BCUT2D eigenvalue weighted by Gasteiger charge is -2.15. The molecule has 7 heteroatoms. The smallest absolute Gasteiger partial charge is 0.339 e. The molecular weight excluding hydrogens is 332 g/mol. The molecule has 0 fully saturated rings. The summed E-state index contributed by atoms with van der Waals surface area (Å²) in [5.41, 5.74) is 3.95. The Bertz CT molecular complexity index is 937. The minimum Gasteiger partial charge on any atom is -0.465 e. The lowest BCUT2D eigenvalue weighted by molar-refractivity contribution is 0.0599. The fourth-order valence-corrected chi connectivity index (χ4v) is 3.08. The molecule has 0 atom stereocenters. The summed E-state index contributed by atoms with van der Waals surface area (Å²) in [6.45, 7) is 4.01. The van der Waals surface area contributed by atoms with Crippen molar-refractivity contribution < 1.29 is 14.3 Å². The molecule has 0 bridgehead atoms. The lowest BCUT2D eigenvalue weighted by atomic mass is 10.1. The van der Waals surface area contributed by atoms with Crippen LogP contribution in [0.1, 0.15) is 44.9 Å². The number of amides is 1. The molecule has 0 aliphatic rings. The fourth-order valence-electron chi connectivity index (χ4n) is 3.08. The highest BCUT2D eigenvalue weighted by Gasteiger charge is 2.25. The number of ether oxygens (including phenoxy) is 1. The number of methoxy groups -OCH3 is 1. The van der Waals surface area contributed by atoms with Crippen LogP contribution in [0.2, 0.25) is 0 Å². The maximum atomic E-state index is 12.9. The first kappa shape index (κ1) is 17.7. The Labute approximate surface area is 151 Å². The minimum absolute atomic E-state index is 0.201. The molecule has 0 saturated heterocycles. The minimum atomic E-state index is -0.436. The van der Waals surface area contributed by atoms with E-state index in [4.69, 9.17) is 4.74 Å². The quantitative estimate of drug-likeness (QED) is 0.689. The van der Waals surface area contributed by atoms with Crippen LogP contribution in [0.4, 0.5) is 0 Å². The van der Waals surface area contributed by atoms with Crippen molar-refractivity contribution in [3.63, 3.8) is 0 Å². The van der Waals surface area contributed by atoms with Crippen LogP contribution >= 0.6 is 0 Å². The first-order valence-electron chi connectivity index (χ1n) is 8.45. The van der Waals surface area contributed by atoms with Gasteiger partial charge in [0.2, 0.25) is 0 Å². The van der Waals surface area contributed by atoms with E-state index in [0.29, 0.717) is 41.3 Å². The third-order valence-electron chi connectivity index (χ3n) is 4.46. The Morgan fingerprint density at radius 3 is 2.62 bits per heavy atom. The Morgan fingerprint density at radius 1 is 1.23 bits per heavy atom. The Morgan fingerprint density at radius 2 is 1.96 bits per heavy atom. The van der Waals surface area contributed by atoms with Gasteiger partial charge in [-0.3, -0.25) is 4.79 Å². The molecular formula is C19H22N4O3. The summed E-state index contributed by atoms with van der Waals surface area (Å²) >= 11 is 0. The third-order valence-corrected chi connectivity index (χ3v) is 4.46. The molecule has 26 heavy (non-hydrogen) atoms. The summed E-state index contributed by atoms with van der Waals surface area (Å²) in [5.74, 6) is 0.0672. The predicted molar refractivity (Wildman–Crippen MR) is 98.1 cm³/mol. The van der Waals surface area contributed by atoms with Gasteiger partial charge in [0.15, 0.2) is 0 Å². The second-order valence-electron chi connectivity index (χ2n) is 6.19. The number of rotatable bonds is 5. The summed E-state index contributed by atoms with van der Waals surface area (Å²) in [6, 6.07) is 7.72. The van der Waals surface area contributed by atoms with Crippen molar-refractivity contribution in [1.82, 2.24) is 19.9 Å². The molecule has 2 aromatic heterocycles. The molecule has 2 N–H and O–H groups in total. The molecule has 1 amide bonds. The molecule has 136 valence electrons. The number of hydrogen-bond donors (Lipinski definition) is 2. The Kier molecular flexibility index (Phi) is 4.79. The normalized spacial score (nSPS) is 10.9. The average molecular weight is 354 g/mol. The number of aromatic nitrogens is 3. The number of imidazole rings is 1. The van der Waals surface area contributed by atoms with E-state index in [2.05, 4.69) is 15.0 Å². The third kappa shape index (κ3) is 3.08. The van der Waals surface area contributed by atoms with Gasteiger partial charge in [-0.05, 0) is 31.0 Å². The summed E-state index contributed by atoms with van der Waals surface area (Å²) in [7, 11) is 3.04. The van der Waals surface area contributed by atoms with Crippen LogP contribution in [0.5, 0.6) is 0 Å². The van der Waals surface area contributed by atoms with E-state index >= 15 is 0 Å². The van der Waals surface area contributed by atoms with E-state index in [0.717, 1.165) is 11.0 Å². The van der Waals surface area contributed by atoms with Crippen molar-refractivity contribution in [2.75, 3.05) is 14.2 Å². The summed E-state index contributed by atoms with van der Waals surface area (Å²) in [5, 5.41) is 0. The van der Waals surface area contributed by atoms with Crippen molar-refractivity contribution in [2.45, 2.75) is 26.8 Å². The van der Waals surface area contributed by atoms with E-state index in [9.17, 15) is 9.59 Å². The van der Waals surface area contributed by atoms with Gasteiger partial charge < -0.3 is 19.6 Å². The average Bonchev–Trinajstić information content (AvgIpc) is 3.20. The number of fused-ring (bicyclic) bond motifs is 1. The van der Waals surface area contributed by atoms with Crippen molar-refractivity contribution in [1.29, 1.82) is 0 Å². The Hall–Kier alpha value is -3.09. The van der Waals surface area contributed by atoms with Crippen LogP contribution in [-0.2, 0) is 17.7 Å². The van der Waals surface area contributed by atoms with Crippen LogP contribution in [0, 0.1) is 6.92 Å². The second-order valence-corrected chi connectivity index (χ2v) is 6.19. The van der Waals surface area contributed by atoms with E-state index < -0.39 is 5.97 Å². The fraction of sp³-hybridized carbons (Fsp3) is 0.316. The highest BCUT2D eigenvalue weighted by molar-refractivity contribution is 6.00. The molecule has 2 heterocycles. The summed E-state index contributed by atoms with van der Waals surface area (Å²) in [6.07, 6.45) is 0.603. The first-order valence-corrected chi connectivity index (χ1v) is 8.45. The number of hydrogen-bond acceptors (Lipinski definition) is 4. The standard InChI is InChI=1S/C19H22N4O3/c1-5-12-16(19(25)26-4)11(2)17(22-12)18(24)23(3)10-15-20-13-8-6-7-9-14(13)21-15/h6-9,22H,5,10H2,1-4H3,(H,20,21). The maximum Gasteiger partial charge on any atom is 0.339 e. The van der Waals surface area contributed by atoms with Gasteiger partial charge in [-0.25, -0.2) is 9.78 Å². The highest BCUT2D eigenvalue weighted by atomic mass is 16.5. The summed E-state index contributed by atoms with van der Waals surface area (Å²) in [4.78, 5) is 37.3. The number of H-pyrrole nitrogens is 2. The van der Waals surface area contributed by atoms with Gasteiger partial charge in [0.1, 0.15) is 11.5 Å². The van der Waals surface area contributed by atoms with E-state index in [1.807, 2.05) is 31.2 Å². The van der Waals surface area contributed by atoms with Gasteiger partial charge in [0.05, 0.1) is 30.3 Å². The molecule has 3 rings (SSSR count). The predicted octanol–water partition coefficient (Wildman–Crippen LogP) is 2.82. The maximum absolute atomic E-state index is 12.9. The molecule has 0 aliphatic heterocycles. The number of nitrogens with one attached hydrogen (secondary N) is 2. The molecule has 0 saturated carbocycles. The van der Waals surface area contributed by atoms with Gasteiger partial charge in [-0.2, -0.15) is 0 Å². The lowest BCUT2D eigenvalue weighted by Crippen LogP contribution is -2.27. The molecule has 0 radical (unpaired) electrons. The van der Waals surface area contributed by atoms with Gasteiger partial charge in [-0.15, -0.1) is 0 Å². The molecule has 1 aromatic carbocycles. The van der Waals surface area contributed by atoms with E-state index in [1.165, 1.54) is 7.11 Å². The van der Waals surface area contributed by atoms with Crippen LogP contribution in [0.25, 0.3) is 11.0 Å². The van der Waals surface area contributed by atoms with Crippen molar-refractivity contribution in [3.05, 3.63) is 52.6 Å². The molecule has 7 nitrogen and oxygen atoms in total. The number of nitrogens with zero attached hydrogens (tertiary/aromatic N) is 2. The topological polar surface area (TPSA) is 91.1 Å². The van der Waals surface area contributed by atoms with Gasteiger partial charge in [0.25, 0.3) is 5.91 Å². The van der Waals surface area contributed by atoms with E-state index in [1.54, 1.807) is 18.9 Å². The largest absolute Gasteiger partial charge is 0.465 e. The molecule has 0 spiro atoms. The second kappa shape index (κ2) is 7.03. The molecule has 0 aliphatic carbocycles. The zero-order chi connectivity index (χ0) is 18.8. The van der Waals surface area contributed by atoms with Crippen molar-refractivity contribution in [2.24, 2.45) is 0 Å².